The molecule has 3 rings (SSSR count). The van der Waals surface area contributed by atoms with Crippen LogP contribution in [-0.4, -0.2) is 49.2 Å². The smallest absolute Gasteiger partial charge is 0.274 e. The van der Waals surface area contributed by atoms with Crippen molar-refractivity contribution in [1.82, 2.24) is 9.97 Å². The number of benzene rings is 1. The topological polar surface area (TPSA) is 79.4 Å². The molecule has 1 aliphatic heterocycles. The van der Waals surface area contributed by atoms with E-state index in [0.717, 1.165) is 30.9 Å². The highest BCUT2D eigenvalue weighted by molar-refractivity contribution is 6.03. The second-order valence-electron chi connectivity index (χ2n) is 7.04. The maximum atomic E-state index is 12.6. The predicted octanol–water partition coefficient (Wildman–Crippen LogP) is 3.48. The summed E-state index contributed by atoms with van der Waals surface area (Å²) in [4.78, 5) is 23.7. The van der Waals surface area contributed by atoms with Crippen molar-refractivity contribution in [3.05, 3.63) is 41.7 Å². The van der Waals surface area contributed by atoms with Gasteiger partial charge in [-0.05, 0) is 62.9 Å². The summed E-state index contributed by atoms with van der Waals surface area (Å²) in [5.74, 6) is 0.220. The first-order valence-corrected chi connectivity index (χ1v) is 9.90. The number of aryl methyl sites for hydroxylation is 1. The van der Waals surface area contributed by atoms with Crippen LogP contribution in [0.15, 0.2) is 30.3 Å². The molecule has 2 aromatic rings. The molecule has 1 aromatic carbocycles. The number of methoxy groups -OCH3 is 1. The standard InChI is InChI=1S/C21H29N5O2/c1-16-15-19(25-21(23-16)22-11-6-14-28-2)20(27)24-17-7-9-18(10-8-17)26-12-4-3-5-13-26/h7-10,15H,3-6,11-14H2,1-2H3,(H,24,27)(H,22,23,25). The second kappa shape index (κ2) is 10.0. The predicted molar refractivity (Wildman–Crippen MR) is 112 cm³/mol. The molecule has 1 fully saturated rings. The molecule has 2 heterocycles. The Morgan fingerprint density at radius 1 is 1.14 bits per heavy atom. The monoisotopic (exact) mass is 383 g/mol. The van der Waals surface area contributed by atoms with Gasteiger partial charge in [-0.15, -0.1) is 0 Å². The highest BCUT2D eigenvalue weighted by Crippen LogP contribution is 2.22. The Bertz CT molecular complexity index is 773. The molecule has 0 bridgehead atoms. The molecule has 150 valence electrons. The third-order valence-electron chi connectivity index (χ3n) is 4.74. The van der Waals surface area contributed by atoms with E-state index in [4.69, 9.17) is 4.74 Å². The maximum Gasteiger partial charge on any atom is 0.274 e. The van der Waals surface area contributed by atoms with Crippen LogP contribution in [0.25, 0.3) is 0 Å². The van der Waals surface area contributed by atoms with Gasteiger partial charge in [0.05, 0.1) is 0 Å². The number of carbonyl (C=O) groups excluding carboxylic acids is 1. The number of nitrogens with zero attached hydrogens (tertiary/aromatic N) is 3. The molecule has 2 N–H and O–H groups in total. The summed E-state index contributed by atoms with van der Waals surface area (Å²) in [7, 11) is 1.67. The fraction of sp³-hybridized carbons (Fsp3) is 0.476. The van der Waals surface area contributed by atoms with E-state index in [-0.39, 0.29) is 5.91 Å². The van der Waals surface area contributed by atoms with E-state index < -0.39 is 0 Å². The number of aromatic nitrogens is 2. The minimum Gasteiger partial charge on any atom is -0.385 e. The fourth-order valence-corrected chi connectivity index (χ4v) is 3.28. The fourth-order valence-electron chi connectivity index (χ4n) is 3.28. The lowest BCUT2D eigenvalue weighted by Crippen LogP contribution is -2.29. The Morgan fingerprint density at radius 3 is 2.61 bits per heavy atom. The van der Waals surface area contributed by atoms with Crippen LogP contribution in [0, 0.1) is 6.92 Å². The average molecular weight is 383 g/mol. The van der Waals surface area contributed by atoms with Crippen LogP contribution >= 0.6 is 0 Å². The zero-order valence-electron chi connectivity index (χ0n) is 16.7. The molecule has 0 saturated carbocycles. The molecule has 1 amide bonds. The molecule has 0 radical (unpaired) electrons. The van der Waals surface area contributed by atoms with Crippen molar-refractivity contribution in [2.45, 2.75) is 32.6 Å². The van der Waals surface area contributed by atoms with Gasteiger partial charge in [-0.1, -0.05) is 0 Å². The molecular weight excluding hydrogens is 354 g/mol. The van der Waals surface area contributed by atoms with Gasteiger partial charge in [-0.3, -0.25) is 4.79 Å². The molecular formula is C21H29N5O2. The zero-order valence-corrected chi connectivity index (χ0v) is 16.7. The van der Waals surface area contributed by atoms with Gasteiger partial charge < -0.3 is 20.3 Å². The number of amides is 1. The van der Waals surface area contributed by atoms with Crippen molar-refractivity contribution < 1.29 is 9.53 Å². The van der Waals surface area contributed by atoms with E-state index >= 15 is 0 Å². The third-order valence-corrected chi connectivity index (χ3v) is 4.74. The summed E-state index contributed by atoms with van der Waals surface area (Å²) in [5, 5.41) is 6.06. The summed E-state index contributed by atoms with van der Waals surface area (Å²) in [6.07, 6.45) is 4.64. The average Bonchev–Trinajstić information content (AvgIpc) is 2.72. The molecule has 28 heavy (non-hydrogen) atoms. The number of hydrogen-bond donors (Lipinski definition) is 2. The zero-order chi connectivity index (χ0) is 19.8. The van der Waals surface area contributed by atoms with Gasteiger partial charge in [0.1, 0.15) is 5.69 Å². The van der Waals surface area contributed by atoms with Gasteiger partial charge in [0.2, 0.25) is 5.95 Å². The number of anilines is 3. The SMILES string of the molecule is COCCCNc1nc(C)cc(C(=O)Nc2ccc(N3CCCCC3)cc2)n1. The molecule has 1 aliphatic rings. The first kappa shape index (κ1) is 20.1. The quantitative estimate of drug-likeness (QED) is 0.680. The van der Waals surface area contributed by atoms with Crippen LogP contribution in [-0.2, 0) is 4.74 Å². The second-order valence-corrected chi connectivity index (χ2v) is 7.04. The van der Waals surface area contributed by atoms with Crippen molar-refractivity contribution in [2.24, 2.45) is 0 Å². The Balaban J connectivity index is 1.61. The van der Waals surface area contributed by atoms with E-state index in [1.807, 2.05) is 19.1 Å². The number of carbonyl (C=O) groups is 1. The van der Waals surface area contributed by atoms with Crippen molar-refractivity contribution in [2.75, 3.05) is 48.9 Å². The highest BCUT2D eigenvalue weighted by atomic mass is 16.5. The van der Waals surface area contributed by atoms with Crippen molar-refractivity contribution in [1.29, 1.82) is 0 Å². The van der Waals surface area contributed by atoms with Crippen molar-refractivity contribution >= 4 is 23.2 Å². The third kappa shape index (κ3) is 5.66. The normalized spacial score (nSPS) is 14.0. The van der Waals surface area contributed by atoms with Crippen LogP contribution in [0.3, 0.4) is 0 Å². The van der Waals surface area contributed by atoms with Crippen molar-refractivity contribution in [3.63, 3.8) is 0 Å². The molecule has 0 unspecified atom stereocenters. The lowest BCUT2D eigenvalue weighted by atomic mass is 10.1. The van der Waals surface area contributed by atoms with Gasteiger partial charge in [-0.25, -0.2) is 9.97 Å². The van der Waals surface area contributed by atoms with Crippen LogP contribution in [0.2, 0.25) is 0 Å². The molecule has 0 spiro atoms. The molecule has 7 heteroatoms. The van der Waals surface area contributed by atoms with Gasteiger partial charge in [0.25, 0.3) is 5.91 Å². The van der Waals surface area contributed by atoms with Crippen LogP contribution in [0.5, 0.6) is 0 Å². The summed E-state index contributed by atoms with van der Waals surface area (Å²) >= 11 is 0. The van der Waals surface area contributed by atoms with E-state index in [1.165, 1.54) is 24.9 Å². The number of ether oxygens (including phenoxy) is 1. The minimum atomic E-state index is -0.240. The Morgan fingerprint density at radius 2 is 1.89 bits per heavy atom. The van der Waals surface area contributed by atoms with Gasteiger partial charge >= 0.3 is 0 Å². The summed E-state index contributed by atoms with van der Waals surface area (Å²) in [5.41, 5.74) is 3.06. The maximum absolute atomic E-state index is 12.6. The number of rotatable bonds is 8. The molecule has 0 aliphatic carbocycles. The summed E-state index contributed by atoms with van der Waals surface area (Å²) < 4.78 is 5.03. The Hall–Kier alpha value is -2.67. The van der Waals surface area contributed by atoms with E-state index in [9.17, 15) is 4.79 Å². The highest BCUT2D eigenvalue weighted by Gasteiger charge is 2.13. The van der Waals surface area contributed by atoms with E-state index in [0.29, 0.717) is 24.8 Å². The number of nitrogens with one attached hydrogen (secondary N) is 2. The lowest BCUT2D eigenvalue weighted by molar-refractivity contribution is 0.102. The molecule has 1 aromatic heterocycles. The number of piperidine rings is 1. The van der Waals surface area contributed by atoms with Crippen molar-refractivity contribution in [3.8, 4) is 0 Å². The van der Waals surface area contributed by atoms with Crippen LogP contribution < -0.4 is 15.5 Å². The van der Waals surface area contributed by atoms with Gasteiger partial charge in [0.15, 0.2) is 0 Å². The Labute approximate surface area is 166 Å². The summed E-state index contributed by atoms with van der Waals surface area (Å²) in [6.45, 7) is 5.42. The first-order chi connectivity index (χ1) is 13.7. The lowest BCUT2D eigenvalue weighted by Gasteiger charge is -2.28. The van der Waals surface area contributed by atoms with Crippen LogP contribution in [0.1, 0.15) is 41.9 Å². The minimum absolute atomic E-state index is 0.240. The van der Waals surface area contributed by atoms with E-state index in [1.54, 1.807) is 13.2 Å². The largest absolute Gasteiger partial charge is 0.385 e. The molecule has 7 nitrogen and oxygen atoms in total. The molecule has 1 saturated heterocycles. The van der Waals surface area contributed by atoms with Crippen LogP contribution in [0.4, 0.5) is 17.3 Å². The first-order valence-electron chi connectivity index (χ1n) is 9.90. The number of hydrogen-bond acceptors (Lipinski definition) is 6. The summed E-state index contributed by atoms with van der Waals surface area (Å²) in [6, 6.07) is 9.71. The van der Waals surface area contributed by atoms with Gasteiger partial charge in [0, 0.05) is 50.4 Å². The Kier molecular flexibility index (Phi) is 7.19. The molecule has 0 atom stereocenters. The van der Waals surface area contributed by atoms with E-state index in [2.05, 4.69) is 37.6 Å². The van der Waals surface area contributed by atoms with Gasteiger partial charge in [-0.2, -0.15) is 0 Å².